The van der Waals surface area contributed by atoms with Crippen LogP contribution in [0.25, 0.3) is 0 Å². The van der Waals surface area contributed by atoms with E-state index in [4.69, 9.17) is 27.9 Å². The van der Waals surface area contributed by atoms with E-state index in [1.165, 1.54) is 12.1 Å². The van der Waals surface area contributed by atoms with Crippen LogP contribution in [0.5, 0.6) is 0 Å². The Hall–Kier alpha value is -2.20. The fourth-order valence-corrected chi connectivity index (χ4v) is 6.70. The molecule has 1 heterocycles. The van der Waals surface area contributed by atoms with Crippen LogP contribution in [0.4, 0.5) is 4.39 Å². The zero-order chi connectivity index (χ0) is 27.9. The van der Waals surface area contributed by atoms with Gasteiger partial charge < -0.3 is 9.64 Å². The first-order chi connectivity index (χ1) is 18.4. The minimum atomic E-state index is -3.79. The van der Waals surface area contributed by atoms with Gasteiger partial charge in [0, 0.05) is 25.3 Å². The summed E-state index contributed by atoms with van der Waals surface area (Å²) in [7, 11) is -3.79. The van der Waals surface area contributed by atoms with Crippen LogP contribution in [-0.2, 0) is 21.4 Å². The number of carbonyl (C=O) groups is 2. The van der Waals surface area contributed by atoms with Crippen molar-refractivity contribution < 1.29 is 27.1 Å². The molecule has 5 rings (SSSR count). The number of carbonyl (C=O) groups excluding carboxylic acids is 2. The first kappa shape index (κ1) is 28.3. The minimum Gasteiger partial charge on any atom is -0.376 e. The van der Waals surface area contributed by atoms with E-state index >= 15 is 0 Å². The number of benzene rings is 2. The number of nitrogens with zero attached hydrogens (tertiary/aromatic N) is 1. The third kappa shape index (κ3) is 6.59. The minimum absolute atomic E-state index is 0.0267. The Morgan fingerprint density at radius 2 is 1.79 bits per heavy atom. The summed E-state index contributed by atoms with van der Waals surface area (Å²) in [5.74, 6) is -1.10. The fraction of sp³-hybridized carbons (Fsp3) is 0.500. The largest absolute Gasteiger partial charge is 0.376 e. The number of hydrogen-bond acceptors (Lipinski definition) is 5. The summed E-state index contributed by atoms with van der Waals surface area (Å²) in [6, 6.07) is 7.73. The first-order valence-corrected chi connectivity index (χ1v) is 15.7. The van der Waals surface area contributed by atoms with Crippen LogP contribution in [0.1, 0.15) is 76.3 Å². The molecule has 3 aliphatic rings. The topological polar surface area (TPSA) is 92.8 Å². The van der Waals surface area contributed by atoms with Crippen molar-refractivity contribution in [3.63, 3.8) is 0 Å². The summed E-state index contributed by atoms with van der Waals surface area (Å²) in [6.07, 6.45) is 6.72. The van der Waals surface area contributed by atoms with Gasteiger partial charge in [0.05, 0.1) is 28.5 Å². The zero-order valence-corrected chi connectivity index (χ0v) is 24.0. The van der Waals surface area contributed by atoms with Gasteiger partial charge in [0.1, 0.15) is 5.82 Å². The van der Waals surface area contributed by atoms with Crippen molar-refractivity contribution in [2.75, 3.05) is 26.0 Å². The first-order valence-electron chi connectivity index (χ1n) is 13.1. The molecular weight excluding hydrogens is 566 g/mol. The Bertz CT molecular complexity index is 1400. The Labute approximate surface area is 238 Å². The fourth-order valence-electron chi connectivity index (χ4n) is 5.95. The molecule has 2 aliphatic carbocycles. The van der Waals surface area contributed by atoms with E-state index in [0.717, 1.165) is 50.3 Å². The lowest BCUT2D eigenvalue weighted by molar-refractivity contribution is -0.0491. The molecule has 2 saturated carbocycles. The van der Waals surface area contributed by atoms with E-state index in [0.29, 0.717) is 46.8 Å². The Kier molecular flexibility index (Phi) is 7.99. The van der Waals surface area contributed by atoms with Crippen molar-refractivity contribution >= 4 is 45.0 Å². The molecule has 3 fully saturated rings. The SMILES string of the molecule is CS(=O)(=O)NC(=O)c1cc(C2CC2)c(COCC2CC3(CCN(C(=O)c4ccc(Cl)c(Cl)c4)CC3)C2)cc1F. The maximum absolute atomic E-state index is 14.7. The molecule has 2 aromatic carbocycles. The summed E-state index contributed by atoms with van der Waals surface area (Å²) in [5.41, 5.74) is 2.07. The highest BCUT2D eigenvalue weighted by Crippen LogP contribution is 2.53. The summed E-state index contributed by atoms with van der Waals surface area (Å²) >= 11 is 12.0. The van der Waals surface area contributed by atoms with E-state index in [-0.39, 0.29) is 29.4 Å². The van der Waals surface area contributed by atoms with Crippen LogP contribution < -0.4 is 4.72 Å². The van der Waals surface area contributed by atoms with E-state index in [1.807, 2.05) is 9.62 Å². The van der Waals surface area contributed by atoms with E-state index < -0.39 is 21.7 Å². The van der Waals surface area contributed by atoms with Gasteiger partial charge in [-0.3, -0.25) is 9.59 Å². The summed E-state index contributed by atoms with van der Waals surface area (Å²) in [4.78, 5) is 27.0. The lowest BCUT2D eigenvalue weighted by Gasteiger charge is -2.52. The van der Waals surface area contributed by atoms with E-state index in [9.17, 15) is 22.4 Å². The standard InChI is InChI=1S/C28H31Cl2FN2O5S/c1-39(36,37)32-26(34)22-12-21(18-2-3-18)20(11-25(22)31)16-38-15-17-13-28(14-17)6-8-33(9-7-28)27(35)19-4-5-23(29)24(30)10-19/h4-5,10-12,17-18H,2-3,6-9,13-16H2,1H3,(H,32,34). The maximum Gasteiger partial charge on any atom is 0.267 e. The average molecular weight is 598 g/mol. The Morgan fingerprint density at radius 1 is 1.10 bits per heavy atom. The summed E-state index contributed by atoms with van der Waals surface area (Å²) in [5, 5.41) is 0.801. The Morgan fingerprint density at radius 3 is 2.41 bits per heavy atom. The van der Waals surface area contributed by atoms with Gasteiger partial charge in [-0.2, -0.15) is 0 Å². The number of piperidine rings is 1. The molecule has 1 spiro atoms. The molecule has 39 heavy (non-hydrogen) atoms. The van der Waals surface area contributed by atoms with E-state index in [1.54, 1.807) is 18.2 Å². The highest BCUT2D eigenvalue weighted by Gasteiger charge is 2.46. The number of amides is 2. The van der Waals surface area contributed by atoms with Gasteiger partial charge in [0.15, 0.2) is 0 Å². The monoisotopic (exact) mass is 596 g/mol. The zero-order valence-electron chi connectivity index (χ0n) is 21.6. The molecule has 0 atom stereocenters. The molecule has 210 valence electrons. The quantitative estimate of drug-likeness (QED) is 0.431. The maximum atomic E-state index is 14.7. The molecule has 1 saturated heterocycles. The number of halogens is 3. The summed E-state index contributed by atoms with van der Waals surface area (Å²) < 4.78 is 45.4. The van der Waals surface area contributed by atoms with Crippen molar-refractivity contribution in [3.8, 4) is 0 Å². The van der Waals surface area contributed by atoms with Gasteiger partial charge >= 0.3 is 0 Å². The molecule has 7 nitrogen and oxygen atoms in total. The molecule has 2 aromatic rings. The van der Waals surface area contributed by atoms with Gasteiger partial charge in [-0.05, 0) is 97.2 Å². The van der Waals surface area contributed by atoms with Crippen molar-refractivity contribution in [3.05, 3.63) is 68.4 Å². The van der Waals surface area contributed by atoms with Crippen molar-refractivity contribution in [1.29, 1.82) is 0 Å². The number of sulfonamides is 1. The highest BCUT2D eigenvalue weighted by molar-refractivity contribution is 7.89. The molecule has 1 N–H and O–H groups in total. The Balaban J connectivity index is 1.11. The summed E-state index contributed by atoms with van der Waals surface area (Å²) in [6.45, 7) is 2.22. The molecule has 1 aliphatic heterocycles. The molecule has 0 radical (unpaired) electrons. The predicted octanol–water partition coefficient (Wildman–Crippen LogP) is 5.55. The number of ether oxygens (including phenoxy) is 1. The van der Waals surface area contributed by atoms with Crippen LogP contribution in [0.15, 0.2) is 30.3 Å². The second-order valence-electron chi connectivity index (χ2n) is 11.2. The van der Waals surface area contributed by atoms with Gasteiger partial charge in [-0.1, -0.05) is 23.2 Å². The molecular formula is C28H31Cl2FN2O5S. The van der Waals surface area contributed by atoms with Crippen molar-refractivity contribution in [2.45, 2.75) is 51.0 Å². The van der Waals surface area contributed by atoms with Crippen LogP contribution in [0.2, 0.25) is 10.0 Å². The average Bonchev–Trinajstić information content (AvgIpc) is 3.69. The molecule has 0 unspecified atom stereocenters. The molecule has 0 aromatic heterocycles. The molecule has 11 heteroatoms. The lowest BCUT2D eigenvalue weighted by Crippen LogP contribution is -2.49. The van der Waals surface area contributed by atoms with Crippen LogP contribution >= 0.6 is 23.2 Å². The van der Waals surface area contributed by atoms with Crippen molar-refractivity contribution in [2.24, 2.45) is 11.3 Å². The third-order valence-corrected chi connectivity index (χ3v) is 9.40. The number of nitrogens with one attached hydrogen (secondary N) is 1. The molecule has 0 bridgehead atoms. The van der Waals surface area contributed by atoms with Crippen molar-refractivity contribution in [1.82, 2.24) is 9.62 Å². The highest BCUT2D eigenvalue weighted by atomic mass is 35.5. The predicted molar refractivity (Wildman–Crippen MR) is 147 cm³/mol. The lowest BCUT2D eigenvalue weighted by atomic mass is 9.58. The normalized spacial score (nSPS) is 19.1. The van der Waals surface area contributed by atoms with Gasteiger partial charge in [0.2, 0.25) is 10.0 Å². The second kappa shape index (κ2) is 11.0. The second-order valence-corrected chi connectivity index (χ2v) is 13.8. The van der Waals surface area contributed by atoms with Crippen LogP contribution in [0, 0.1) is 17.2 Å². The van der Waals surface area contributed by atoms with Gasteiger partial charge in [-0.15, -0.1) is 0 Å². The van der Waals surface area contributed by atoms with Crippen LogP contribution in [0.3, 0.4) is 0 Å². The number of rotatable bonds is 8. The number of likely N-dealkylation sites (tertiary alicyclic amines) is 1. The van der Waals surface area contributed by atoms with Gasteiger partial charge in [0.25, 0.3) is 11.8 Å². The third-order valence-electron chi connectivity index (χ3n) is 8.10. The smallest absolute Gasteiger partial charge is 0.267 e. The number of hydrogen-bond donors (Lipinski definition) is 1. The molecule has 2 amide bonds. The van der Waals surface area contributed by atoms with E-state index in [2.05, 4.69) is 0 Å². The van der Waals surface area contributed by atoms with Gasteiger partial charge in [-0.25, -0.2) is 17.5 Å². The van der Waals surface area contributed by atoms with Crippen LogP contribution in [-0.4, -0.2) is 51.1 Å².